The van der Waals surface area contributed by atoms with E-state index >= 15 is 0 Å². The van der Waals surface area contributed by atoms with Crippen molar-refractivity contribution in [3.63, 3.8) is 0 Å². The molecule has 3 aromatic rings. The molecule has 33 heavy (non-hydrogen) atoms. The standard InChI is InChI=1S/C26H27N5O2/c1-16-12-17(2)31(29-16)20-7-5-6-18(13-20)25(33)30-14-19-10-11-26(22(19)15-30)27-23-9-4-3-8-21(23)24(32)28-26/h3-9,12-13,19,22,27H,10-11,14-15H2,1-2H3,(H,28,32)/t19-,22+,26+/m1/s1. The molecule has 1 aliphatic carbocycles. The molecule has 2 fully saturated rings. The van der Waals surface area contributed by atoms with E-state index in [1.54, 1.807) is 0 Å². The van der Waals surface area contributed by atoms with Crippen molar-refractivity contribution < 1.29 is 9.59 Å². The van der Waals surface area contributed by atoms with Crippen molar-refractivity contribution in [2.75, 3.05) is 18.4 Å². The molecule has 1 spiro atoms. The number of carbonyl (C=O) groups is 2. The molecule has 7 nitrogen and oxygen atoms in total. The summed E-state index contributed by atoms with van der Waals surface area (Å²) in [6.45, 7) is 5.32. The monoisotopic (exact) mass is 441 g/mol. The van der Waals surface area contributed by atoms with Crippen LogP contribution in [0.4, 0.5) is 5.69 Å². The van der Waals surface area contributed by atoms with Gasteiger partial charge in [0.05, 0.1) is 16.9 Å². The second kappa shape index (κ2) is 7.20. The van der Waals surface area contributed by atoms with Gasteiger partial charge in [0.15, 0.2) is 0 Å². The normalized spacial score (nSPS) is 25.5. The van der Waals surface area contributed by atoms with Crippen LogP contribution >= 0.6 is 0 Å². The molecule has 3 heterocycles. The zero-order valence-electron chi connectivity index (χ0n) is 18.8. The van der Waals surface area contributed by atoms with Crippen LogP contribution in [-0.2, 0) is 0 Å². The molecule has 2 aromatic carbocycles. The average molecular weight is 442 g/mol. The Bertz CT molecular complexity index is 1280. The predicted molar refractivity (Wildman–Crippen MR) is 125 cm³/mol. The summed E-state index contributed by atoms with van der Waals surface area (Å²) in [6.07, 6.45) is 1.85. The molecule has 2 amide bonds. The van der Waals surface area contributed by atoms with Crippen LogP contribution in [0.3, 0.4) is 0 Å². The summed E-state index contributed by atoms with van der Waals surface area (Å²) in [5.74, 6) is 0.544. The molecular formula is C26H27N5O2. The molecule has 2 aliphatic heterocycles. The molecule has 3 atom stereocenters. The van der Waals surface area contributed by atoms with E-state index in [0.717, 1.165) is 35.6 Å². The lowest BCUT2D eigenvalue weighted by Gasteiger charge is -2.42. The number of nitrogens with zero attached hydrogens (tertiary/aromatic N) is 3. The Morgan fingerprint density at radius 1 is 1.06 bits per heavy atom. The fourth-order valence-corrected chi connectivity index (χ4v) is 5.97. The third kappa shape index (κ3) is 3.14. The van der Waals surface area contributed by atoms with Crippen LogP contribution in [0.5, 0.6) is 0 Å². The average Bonchev–Trinajstić information content (AvgIpc) is 3.48. The first-order valence-electron chi connectivity index (χ1n) is 11.6. The minimum absolute atomic E-state index is 0.0328. The molecule has 7 heteroatoms. The lowest BCUT2D eigenvalue weighted by molar-refractivity contribution is 0.0767. The van der Waals surface area contributed by atoms with E-state index in [9.17, 15) is 9.59 Å². The maximum absolute atomic E-state index is 13.5. The number of para-hydroxylation sites is 1. The second-order valence-electron chi connectivity index (χ2n) is 9.60. The van der Waals surface area contributed by atoms with E-state index < -0.39 is 5.66 Å². The lowest BCUT2D eigenvalue weighted by atomic mass is 9.89. The van der Waals surface area contributed by atoms with Gasteiger partial charge in [-0.15, -0.1) is 0 Å². The summed E-state index contributed by atoms with van der Waals surface area (Å²) in [5.41, 5.74) is 4.61. The number of nitrogens with one attached hydrogen (secondary N) is 2. The fourth-order valence-electron chi connectivity index (χ4n) is 5.97. The van der Waals surface area contributed by atoms with Crippen molar-refractivity contribution in [1.29, 1.82) is 0 Å². The van der Waals surface area contributed by atoms with Gasteiger partial charge in [0.2, 0.25) is 0 Å². The van der Waals surface area contributed by atoms with E-state index in [1.165, 1.54) is 0 Å². The summed E-state index contributed by atoms with van der Waals surface area (Å²) in [6, 6.07) is 17.3. The van der Waals surface area contributed by atoms with Gasteiger partial charge in [0.25, 0.3) is 11.8 Å². The highest BCUT2D eigenvalue weighted by Gasteiger charge is 2.55. The maximum Gasteiger partial charge on any atom is 0.255 e. The highest BCUT2D eigenvalue weighted by atomic mass is 16.2. The number of amides is 2. The third-order valence-electron chi connectivity index (χ3n) is 7.48. The Hall–Kier alpha value is -3.61. The highest BCUT2D eigenvalue weighted by Crippen LogP contribution is 2.47. The van der Waals surface area contributed by atoms with Gasteiger partial charge in [-0.05, 0) is 69.0 Å². The van der Waals surface area contributed by atoms with E-state index in [-0.39, 0.29) is 17.7 Å². The van der Waals surface area contributed by atoms with Crippen LogP contribution in [-0.4, -0.2) is 45.2 Å². The number of hydrogen-bond acceptors (Lipinski definition) is 4. The van der Waals surface area contributed by atoms with Gasteiger partial charge >= 0.3 is 0 Å². The van der Waals surface area contributed by atoms with Crippen molar-refractivity contribution in [2.45, 2.75) is 32.4 Å². The Morgan fingerprint density at radius 2 is 1.91 bits per heavy atom. The SMILES string of the molecule is Cc1cc(C)n(-c2cccc(C(=O)N3C[C@H]4CC[C@]5(NC(=O)c6ccccc6N5)[C@H]4C3)c2)n1. The quantitative estimate of drug-likeness (QED) is 0.638. The van der Waals surface area contributed by atoms with Crippen molar-refractivity contribution >= 4 is 17.5 Å². The first kappa shape index (κ1) is 20.0. The predicted octanol–water partition coefficient (Wildman–Crippen LogP) is 3.52. The van der Waals surface area contributed by atoms with Crippen LogP contribution in [0.25, 0.3) is 5.69 Å². The molecule has 1 aromatic heterocycles. The lowest BCUT2D eigenvalue weighted by Crippen LogP contribution is -2.61. The van der Waals surface area contributed by atoms with Crippen LogP contribution in [0, 0.1) is 25.7 Å². The van der Waals surface area contributed by atoms with Gasteiger partial charge in [0.1, 0.15) is 5.66 Å². The maximum atomic E-state index is 13.5. The first-order chi connectivity index (χ1) is 15.9. The number of aryl methyl sites for hydroxylation is 2. The molecular weight excluding hydrogens is 414 g/mol. The number of likely N-dealkylation sites (tertiary alicyclic amines) is 1. The van der Waals surface area contributed by atoms with E-state index in [4.69, 9.17) is 0 Å². The summed E-state index contributed by atoms with van der Waals surface area (Å²) >= 11 is 0. The minimum Gasteiger partial charge on any atom is -0.362 e. The molecule has 6 rings (SSSR count). The zero-order valence-corrected chi connectivity index (χ0v) is 18.8. The number of benzene rings is 2. The Kier molecular flexibility index (Phi) is 4.37. The van der Waals surface area contributed by atoms with Crippen molar-refractivity contribution in [2.24, 2.45) is 11.8 Å². The summed E-state index contributed by atoms with van der Waals surface area (Å²) in [5, 5.41) is 11.4. The summed E-state index contributed by atoms with van der Waals surface area (Å²) < 4.78 is 1.87. The molecule has 0 bridgehead atoms. The largest absolute Gasteiger partial charge is 0.362 e. The van der Waals surface area contributed by atoms with Crippen molar-refractivity contribution in [3.05, 3.63) is 77.1 Å². The number of anilines is 1. The highest BCUT2D eigenvalue weighted by molar-refractivity contribution is 6.02. The zero-order chi connectivity index (χ0) is 22.7. The summed E-state index contributed by atoms with van der Waals surface area (Å²) in [7, 11) is 0. The minimum atomic E-state index is -0.489. The Morgan fingerprint density at radius 3 is 2.73 bits per heavy atom. The van der Waals surface area contributed by atoms with Gasteiger partial charge in [0, 0.05) is 36.0 Å². The Labute approximate surface area is 192 Å². The van der Waals surface area contributed by atoms with Crippen molar-refractivity contribution in [3.8, 4) is 5.69 Å². The van der Waals surface area contributed by atoms with Gasteiger partial charge in [-0.25, -0.2) is 4.68 Å². The van der Waals surface area contributed by atoms with Gasteiger partial charge in [-0.2, -0.15) is 5.10 Å². The molecule has 1 saturated heterocycles. The van der Waals surface area contributed by atoms with Crippen LogP contribution in [0.2, 0.25) is 0 Å². The molecule has 1 saturated carbocycles. The number of fused-ring (bicyclic) bond motifs is 3. The van der Waals surface area contributed by atoms with Gasteiger partial charge in [-0.3, -0.25) is 9.59 Å². The third-order valence-corrected chi connectivity index (χ3v) is 7.48. The van der Waals surface area contributed by atoms with Gasteiger partial charge < -0.3 is 15.5 Å². The topological polar surface area (TPSA) is 79.3 Å². The summed E-state index contributed by atoms with van der Waals surface area (Å²) in [4.78, 5) is 28.3. The number of aromatic nitrogens is 2. The molecule has 3 aliphatic rings. The molecule has 2 N–H and O–H groups in total. The van der Waals surface area contributed by atoms with Crippen molar-refractivity contribution in [1.82, 2.24) is 20.0 Å². The molecule has 0 radical (unpaired) electrons. The molecule has 0 unspecified atom stereocenters. The fraction of sp³-hybridized carbons (Fsp3) is 0.346. The molecule has 168 valence electrons. The van der Waals surface area contributed by atoms with E-state index in [2.05, 4.69) is 15.7 Å². The number of rotatable bonds is 2. The van der Waals surface area contributed by atoms with E-state index in [0.29, 0.717) is 30.1 Å². The van der Waals surface area contributed by atoms with E-state index in [1.807, 2.05) is 78.0 Å². The van der Waals surface area contributed by atoms with Gasteiger partial charge in [-0.1, -0.05) is 18.2 Å². The van der Waals surface area contributed by atoms with Crippen LogP contribution < -0.4 is 10.6 Å². The smallest absolute Gasteiger partial charge is 0.255 e. The van der Waals surface area contributed by atoms with Crippen LogP contribution in [0.15, 0.2) is 54.6 Å². The first-order valence-corrected chi connectivity index (χ1v) is 11.6. The number of carbonyl (C=O) groups excluding carboxylic acids is 2. The second-order valence-corrected chi connectivity index (χ2v) is 9.60. The number of hydrogen-bond donors (Lipinski definition) is 2. The Balaban J connectivity index is 1.25. The van der Waals surface area contributed by atoms with Crippen LogP contribution in [0.1, 0.15) is 44.9 Å².